The van der Waals surface area contributed by atoms with Crippen LogP contribution in [0.5, 0.6) is 5.75 Å². The van der Waals surface area contributed by atoms with Crippen LogP contribution in [0.2, 0.25) is 10.0 Å². The zero-order chi connectivity index (χ0) is 19.0. The molecule has 2 nitrogen and oxygen atoms in total. The smallest absolute Gasteiger partial charge is 0.131 e. The van der Waals surface area contributed by atoms with E-state index in [4.69, 9.17) is 27.9 Å². The number of H-pyrrole nitrogens is 1. The second kappa shape index (κ2) is 6.95. The summed E-state index contributed by atoms with van der Waals surface area (Å²) in [5, 5.41) is 1.93. The third-order valence-electron chi connectivity index (χ3n) is 4.64. The molecule has 0 saturated heterocycles. The molecule has 0 aliphatic carbocycles. The fourth-order valence-electron chi connectivity index (χ4n) is 3.18. The van der Waals surface area contributed by atoms with Gasteiger partial charge in [0.15, 0.2) is 0 Å². The summed E-state index contributed by atoms with van der Waals surface area (Å²) < 4.78 is 6.27. The summed E-state index contributed by atoms with van der Waals surface area (Å²) in [7, 11) is 0. The van der Waals surface area contributed by atoms with Crippen LogP contribution in [0.15, 0.2) is 72.9 Å². The summed E-state index contributed by atoms with van der Waals surface area (Å²) in [6.45, 7) is 6.21. The highest BCUT2D eigenvalue weighted by Crippen LogP contribution is 2.39. The van der Waals surface area contributed by atoms with E-state index in [-0.39, 0.29) is 0 Å². The molecule has 1 unspecified atom stereocenters. The van der Waals surface area contributed by atoms with Crippen LogP contribution in [0.1, 0.15) is 12.5 Å². The molecule has 0 amide bonds. The van der Waals surface area contributed by atoms with Crippen molar-refractivity contribution in [3.8, 4) is 16.9 Å². The number of halogens is 2. The second-order valence-corrected chi connectivity index (χ2v) is 7.52. The van der Waals surface area contributed by atoms with Crippen molar-refractivity contribution in [3.05, 3.63) is 95.5 Å². The minimum Gasteiger partial charge on any atom is -0.482 e. The Bertz CT molecular complexity index is 1080. The first-order valence-electron chi connectivity index (χ1n) is 8.61. The predicted molar refractivity (Wildman–Crippen MR) is 114 cm³/mol. The van der Waals surface area contributed by atoms with Gasteiger partial charge in [-0.2, -0.15) is 0 Å². The average molecular weight is 395 g/mol. The topological polar surface area (TPSA) is 25.0 Å². The quantitative estimate of drug-likeness (QED) is 0.386. The van der Waals surface area contributed by atoms with E-state index in [0.29, 0.717) is 15.8 Å². The van der Waals surface area contributed by atoms with Gasteiger partial charge in [-0.05, 0) is 42.7 Å². The Kier molecular flexibility index (Phi) is 4.63. The van der Waals surface area contributed by atoms with E-state index in [9.17, 15) is 0 Å². The number of nitrogens with one attached hydrogen (secondary N) is 1. The SMILES string of the molecule is [CH2]C(C)(Oc1ccc(Cl)c2[nH]cc(Cl)c12)c1ccc(-c2ccccc2)cc1. The summed E-state index contributed by atoms with van der Waals surface area (Å²) in [5.74, 6) is 0.644. The number of fused-ring (bicyclic) bond motifs is 1. The van der Waals surface area contributed by atoms with Crippen molar-refractivity contribution in [1.29, 1.82) is 0 Å². The van der Waals surface area contributed by atoms with E-state index >= 15 is 0 Å². The molecule has 3 aromatic carbocycles. The minimum absolute atomic E-state index is 0.567. The van der Waals surface area contributed by atoms with Crippen LogP contribution in [-0.2, 0) is 5.60 Å². The molecule has 0 spiro atoms. The molecule has 0 saturated carbocycles. The Balaban J connectivity index is 1.66. The van der Waals surface area contributed by atoms with E-state index in [2.05, 4.69) is 36.2 Å². The Labute approximate surface area is 168 Å². The third kappa shape index (κ3) is 3.43. The molecule has 0 aliphatic heterocycles. The Morgan fingerprint density at radius 1 is 0.852 bits per heavy atom. The molecule has 0 aliphatic rings. The molecule has 4 rings (SSSR count). The average Bonchev–Trinajstić information content (AvgIpc) is 3.08. The van der Waals surface area contributed by atoms with E-state index in [1.54, 1.807) is 12.3 Å². The second-order valence-electron chi connectivity index (χ2n) is 6.71. The highest BCUT2D eigenvalue weighted by molar-refractivity contribution is 6.40. The molecule has 4 aromatic rings. The van der Waals surface area contributed by atoms with Crippen LogP contribution >= 0.6 is 23.2 Å². The van der Waals surface area contributed by atoms with Crippen molar-refractivity contribution in [2.45, 2.75) is 12.5 Å². The summed E-state index contributed by atoms with van der Waals surface area (Å²) in [6.07, 6.45) is 1.71. The van der Waals surface area contributed by atoms with Crippen LogP contribution in [0.3, 0.4) is 0 Å². The van der Waals surface area contributed by atoms with Crippen molar-refractivity contribution in [1.82, 2.24) is 4.98 Å². The van der Waals surface area contributed by atoms with Gasteiger partial charge in [-0.3, -0.25) is 0 Å². The van der Waals surface area contributed by atoms with Crippen molar-refractivity contribution in [3.63, 3.8) is 0 Å². The molecular weight excluding hydrogens is 377 g/mol. The van der Waals surface area contributed by atoms with Gasteiger partial charge >= 0.3 is 0 Å². The molecule has 0 fully saturated rings. The van der Waals surface area contributed by atoms with Crippen LogP contribution in [-0.4, -0.2) is 4.98 Å². The zero-order valence-electron chi connectivity index (χ0n) is 14.8. The van der Waals surface area contributed by atoms with Crippen LogP contribution < -0.4 is 4.74 Å². The van der Waals surface area contributed by atoms with E-state index < -0.39 is 5.60 Å². The molecule has 1 heterocycles. The lowest BCUT2D eigenvalue weighted by atomic mass is 9.95. The van der Waals surface area contributed by atoms with Gasteiger partial charge in [-0.1, -0.05) is 77.8 Å². The Morgan fingerprint density at radius 2 is 1.52 bits per heavy atom. The lowest BCUT2D eigenvalue weighted by molar-refractivity contribution is 0.140. The maximum atomic E-state index is 6.32. The standard InChI is InChI=1S/C23H18Cl2NO/c1-23(2,17-10-8-16(9-11-17)15-6-4-3-5-7-15)27-20-13-12-18(24)22-21(20)19(25)14-26-22/h3-14,26H,1H2,2H3. The lowest BCUT2D eigenvalue weighted by Gasteiger charge is -2.27. The Morgan fingerprint density at radius 3 is 2.22 bits per heavy atom. The van der Waals surface area contributed by atoms with Gasteiger partial charge in [-0.15, -0.1) is 0 Å². The fourth-order valence-corrected chi connectivity index (χ4v) is 3.63. The summed E-state index contributed by atoms with van der Waals surface area (Å²) in [4.78, 5) is 3.08. The molecule has 4 heteroatoms. The molecule has 27 heavy (non-hydrogen) atoms. The van der Waals surface area contributed by atoms with Crippen LogP contribution in [0, 0.1) is 6.92 Å². The van der Waals surface area contributed by atoms with Crippen molar-refractivity contribution < 1.29 is 4.74 Å². The molecule has 1 N–H and O–H groups in total. The molecule has 1 radical (unpaired) electrons. The van der Waals surface area contributed by atoms with Crippen molar-refractivity contribution in [2.24, 2.45) is 0 Å². The van der Waals surface area contributed by atoms with Gasteiger partial charge in [0.05, 0.1) is 20.9 Å². The number of aromatic nitrogens is 1. The number of aromatic amines is 1. The normalized spacial score (nSPS) is 11.7. The van der Waals surface area contributed by atoms with E-state index in [1.165, 1.54) is 5.56 Å². The number of hydrogen-bond acceptors (Lipinski definition) is 1. The number of hydrogen-bond donors (Lipinski definition) is 1. The number of rotatable bonds is 4. The highest BCUT2D eigenvalue weighted by Gasteiger charge is 2.25. The summed E-state index contributed by atoms with van der Waals surface area (Å²) in [6, 6.07) is 22.1. The fraction of sp³-hybridized carbons (Fsp3) is 0.0870. The zero-order valence-corrected chi connectivity index (χ0v) is 16.3. The maximum Gasteiger partial charge on any atom is 0.131 e. The molecule has 135 valence electrons. The minimum atomic E-state index is -0.781. The predicted octanol–water partition coefficient (Wildman–Crippen LogP) is 7.27. The first-order chi connectivity index (χ1) is 13.0. The van der Waals surface area contributed by atoms with Crippen molar-refractivity contribution >= 4 is 34.1 Å². The lowest BCUT2D eigenvalue weighted by Crippen LogP contribution is -2.25. The third-order valence-corrected chi connectivity index (χ3v) is 5.25. The van der Waals surface area contributed by atoms with Gasteiger partial charge in [0, 0.05) is 6.20 Å². The van der Waals surface area contributed by atoms with Crippen LogP contribution in [0.4, 0.5) is 0 Å². The largest absolute Gasteiger partial charge is 0.482 e. The van der Waals surface area contributed by atoms with E-state index in [1.807, 2.05) is 43.3 Å². The number of benzene rings is 3. The van der Waals surface area contributed by atoms with Gasteiger partial charge in [0.1, 0.15) is 11.4 Å². The maximum absolute atomic E-state index is 6.32. The summed E-state index contributed by atoms with van der Waals surface area (Å²) >= 11 is 12.6. The number of ether oxygens (including phenoxy) is 1. The Hall–Kier alpha value is -2.42. The van der Waals surface area contributed by atoms with Gasteiger partial charge in [0.25, 0.3) is 0 Å². The van der Waals surface area contributed by atoms with Crippen molar-refractivity contribution in [2.75, 3.05) is 0 Å². The first-order valence-corrected chi connectivity index (χ1v) is 9.37. The molecule has 1 atom stereocenters. The van der Waals surface area contributed by atoms with Gasteiger partial charge in [0.2, 0.25) is 0 Å². The molecular formula is C23H18Cl2NO. The first kappa shape index (κ1) is 18.0. The monoisotopic (exact) mass is 394 g/mol. The van der Waals surface area contributed by atoms with Gasteiger partial charge < -0.3 is 9.72 Å². The summed E-state index contributed by atoms with van der Waals surface area (Å²) in [5.41, 5.74) is 3.27. The highest BCUT2D eigenvalue weighted by atomic mass is 35.5. The molecule has 0 bridgehead atoms. The molecule has 1 aromatic heterocycles. The van der Waals surface area contributed by atoms with E-state index in [0.717, 1.165) is 22.0 Å². The van der Waals surface area contributed by atoms with Gasteiger partial charge in [-0.25, -0.2) is 0 Å². The van der Waals surface area contributed by atoms with Crippen LogP contribution in [0.25, 0.3) is 22.0 Å².